The number of hydrogen-bond donors (Lipinski definition) is 1. The Bertz CT molecular complexity index is 731. The Hall–Kier alpha value is -1.56. The SMILES string of the molecule is CC1CC(CN)CN1C(=O)c1ccn(-c2ccc(Cl)c(Cl)c2)n1. The minimum Gasteiger partial charge on any atom is -0.334 e. The van der Waals surface area contributed by atoms with Crippen molar-refractivity contribution < 1.29 is 4.79 Å². The Morgan fingerprint density at radius 2 is 2.13 bits per heavy atom. The smallest absolute Gasteiger partial charge is 0.274 e. The maximum absolute atomic E-state index is 12.6. The van der Waals surface area contributed by atoms with E-state index in [0.29, 0.717) is 34.7 Å². The predicted octanol–water partition coefficient (Wildman–Crippen LogP) is 2.99. The van der Waals surface area contributed by atoms with Gasteiger partial charge in [-0.1, -0.05) is 23.2 Å². The van der Waals surface area contributed by atoms with E-state index in [0.717, 1.165) is 12.1 Å². The van der Waals surface area contributed by atoms with Crippen molar-refractivity contribution in [3.05, 3.63) is 46.2 Å². The molecule has 2 N–H and O–H groups in total. The lowest BCUT2D eigenvalue weighted by Gasteiger charge is -2.20. The van der Waals surface area contributed by atoms with Gasteiger partial charge in [-0.2, -0.15) is 5.10 Å². The number of halogens is 2. The van der Waals surface area contributed by atoms with Gasteiger partial charge in [0, 0.05) is 18.8 Å². The van der Waals surface area contributed by atoms with Gasteiger partial charge in [0.05, 0.1) is 15.7 Å². The van der Waals surface area contributed by atoms with Crippen LogP contribution in [-0.2, 0) is 0 Å². The molecule has 1 amide bonds. The first-order chi connectivity index (χ1) is 11.0. The lowest BCUT2D eigenvalue weighted by molar-refractivity contribution is 0.0737. The molecule has 1 aromatic heterocycles. The lowest BCUT2D eigenvalue weighted by Crippen LogP contribution is -2.34. The molecule has 3 rings (SSSR count). The third-order valence-electron chi connectivity index (χ3n) is 4.23. The number of carbonyl (C=O) groups excluding carboxylic acids is 1. The van der Waals surface area contributed by atoms with Gasteiger partial charge >= 0.3 is 0 Å². The molecule has 1 aliphatic rings. The Morgan fingerprint density at radius 3 is 2.78 bits per heavy atom. The fourth-order valence-electron chi connectivity index (χ4n) is 2.95. The molecule has 0 bridgehead atoms. The molecule has 1 aliphatic heterocycles. The first kappa shape index (κ1) is 16.3. The largest absolute Gasteiger partial charge is 0.334 e. The Labute approximate surface area is 145 Å². The summed E-state index contributed by atoms with van der Waals surface area (Å²) < 4.78 is 1.62. The molecule has 0 saturated carbocycles. The van der Waals surface area contributed by atoms with Crippen LogP contribution in [0.3, 0.4) is 0 Å². The van der Waals surface area contributed by atoms with Crippen molar-refractivity contribution in [3.8, 4) is 5.69 Å². The summed E-state index contributed by atoms with van der Waals surface area (Å²) in [6, 6.07) is 7.13. The average molecular weight is 353 g/mol. The van der Waals surface area contributed by atoms with Crippen molar-refractivity contribution in [1.29, 1.82) is 0 Å². The standard InChI is InChI=1S/C16H18Cl2N4O/c1-10-6-11(8-19)9-21(10)16(23)15-4-5-22(20-15)12-2-3-13(17)14(18)7-12/h2-5,7,10-11H,6,8-9,19H2,1H3. The zero-order valence-electron chi connectivity index (χ0n) is 12.7. The summed E-state index contributed by atoms with van der Waals surface area (Å²) in [6.45, 7) is 3.34. The highest BCUT2D eigenvalue weighted by Crippen LogP contribution is 2.26. The van der Waals surface area contributed by atoms with Crippen LogP contribution < -0.4 is 5.73 Å². The van der Waals surface area contributed by atoms with Crippen LogP contribution in [-0.4, -0.2) is 39.7 Å². The number of aromatic nitrogens is 2. The van der Waals surface area contributed by atoms with Gasteiger partial charge in [0.2, 0.25) is 0 Å². The van der Waals surface area contributed by atoms with Gasteiger partial charge in [-0.05, 0) is 50.1 Å². The van der Waals surface area contributed by atoms with Gasteiger partial charge in [0.1, 0.15) is 0 Å². The van der Waals surface area contributed by atoms with Crippen LogP contribution in [0.2, 0.25) is 10.0 Å². The third kappa shape index (κ3) is 3.22. The van der Waals surface area contributed by atoms with Crippen molar-refractivity contribution >= 4 is 29.1 Å². The highest BCUT2D eigenvalue weighted by atomic mass is 35.5. The highest BCUT2D eigenvalue weighted by molar-refractivity contribution is 6.42. The van der Waals surface area contributed by atoms with Gasteiger partial charge in [0.15, 0.2) is 5.69 Å². The van der Waals surface area contributed by atoms with Crippen LogP contribution in [0, 0.1) is 5.92 Å². The highest BCUT2D eigenvalue weighted by Gasteiger charge is 2.33. The summed E-state index contributed by atoms with van der Waals surface area (Å²) in [4.78, 5) is 14.5. The van der Waals surface area contributed by atoms with E-state index < -0.39 is 0 Å². The second-order valence-corrected chi connectivity index (χ2v) is 6.70. The number of hydrogen-bond acceptors (Lipinski definition) is 3. The van der Waals surface area contributed by atoms with E-state index in [9.17, 15) is 4.79 Å². The number of rotatable bonds is 3. The van der Waals surface area contributed by atoms with Crippen LogP contribution in [0.1, 0.15) is 23.8 Å². The molecule has 122 valence electrons. The summed E-state index contributed by atoms with van der Waals surface area (Å²) in [5, 5.41) is 5.31. The molecule has 0 spiro atoms. The van der Waals surface area contributed by atoms with Gasteiger partial charge in [0.25, 0.3) is 5.91 Å². The van der Waals surface area contributed by atoms with Crippen molar-refractivity contribution in [2.75, 3.05) is 13.1 Å². The van der Waals surface area contributed by atoms with Crippen LogP contribution in [0.5, 0.6) is 0 Å². The second kappa shape index (κ2) is 6.51. The van der Waals surface area contributed by atoms with E-state index in [1.54, 1.807) is 35.1 Å². The lowest BCUT2D eigenvalue weighted by atomic mass is 10.1. The zero-order valence-corrected chi connectivity index (χ0v) is 14.3. The van der Waals surface area contributed by atoms with Gasteiger partial charge in [-0.15, -0.1) is 0 Å². The summed E-state index contributed by atoms with van der Waals surface area (Å²) in [6.07, 6.45) is 2.68. The number of benzene rings is 1. The molecule has 2 aromatic rings. The Balaban J connectivity index is 1.81. The van der Waals surface area contributed by atoms with Gasteiger partial charge in [-0.25, -0.2) is 4.68 Å². The summed E-state index contributed by atoms with van der Waals surface area (Å²) in [7, 11) is 0. The molecule has 5 nitrogen and oxygen atoms in total. The van der Waals surface area contributed by atoms with E-state index >= 15 is 0 Å². The van der Waals surface area contributed by atoms with E-state index in [1.165, 1.54) is 0 Å². The number of nitrogens with zero attached hydrogens (tertiary/aromatic N) is 3. The van der Waals surface area contributed by atoms with E-state index in [2.05, 4.69) is 5.10 Å². The molecular formula is C16H18Cl2N4O. The number of likely N-dealkylation sites (tertiary alicyclic amines) is 1. The van der Waals surface area contributed by atoms with Crippen molar-refractivity contribution in [1.82, 2.24) is 14.7 Å². The zero-order chi connectivity index (χ0) is 16.6. The van der Waals surface area contributed by atoms with Crippen molar-refractivity contribution in [2.45, 2.75) is 19.4 Å². The number of carbonyl (C=O) groups is 1. The minimum atomic E-state index is -0.0627. The minimum absolute atomic E-state index is 0.0627. The Morgan fingerprint density at radius 1 is 1.35 bits per heavy atom. The average Bonchev–Trinajstić information content (AvgIpc) is 3.16. The molecule has 1 fully saturated rings. The Kier molecular flexibility index (Phi) is 4.62. The number of amides is 1. The molecule has 2 heterocycles. The molecule has 2 atom stereocenters. The van der Waals surface area contributed by atoms with E-state index in [-0.39, 0.29) is 11.9 Å². The van der Waals surface area contributed by atoms with Gasteiger partial charge < -0.3 is 10.6 Å². The molecule has 1 saturated heterocycles. The maximum atomic E-state index is 12.6. The molecule has 2 unspecified atom stereocenters. The monoisotopic (exact) mass is 352 g/mol. The normalized spacial score (nSPS) is 21.0. The molecular weight excluding hydrogens is 335 g/mol. The number of nitrogens with two attached hydrogens (primary N) is 1. The molecule has 23 heavy (non-hydrogen) atoms. The molecule has 1 aromatic carbocycles. The van der Waals surface area contributed by atoms with Crippen LogP contribution in [0.25, 0.3) is 5.69 Å². The fourth-order valence-corrected chi connectivity index (χ4v) is 3.24. The topological polar surface area (TPSA) is 64.2 Å². The predicted molar refractivity (Wildman–Crippen MR) is 91.2 cm³/mol. The molecule has 7 heteroatoms. The third-order valence-corrected chi connectivity index (χ3v) is 4.97. The quantitative estimate of drug-likeness (QED) is 0.923. The summed E-state index contributed by atoms with van der Waals surface area (Å²) in [5.74, 6) is 0.304. The van der Waals surface area contributed by atoms with Gasteiger partial charge in [-0.3, -0.25) is 4.79 Å². The van der Waals surface area contributed by atoms with Crippen LogP contribution in [0.15, 0.2) is 30.5 Å². The van der Waals surface area contributed by atoms with Crippen LogP contribution in [0.4, 0.5) is 0 Å². The first-order valence-electron chi connectivity index (χ1n) is 7.51. The second-order valence-electron chi connectivity index (χ2n) is 5.89. The van der Waals surface area contributed by atoms with Crippen LogP contribution >= 0.6 is 23.2 Å². The first-order valence-corrected chi connectivity index (χ1v) is 8.27. The van der Waals surface area contributed by atoms with Crippen molar-refractivity contribution in [2.24, 2.45) is 11.7 Å². The maximum Gasteiger partial charge on any atom is 0.274 e. The fraction of sp³-hybridized carbons (Fsp3) is 0.375. The molecule has 0 radical (unpaired) electrons. The van der Waals surface area contributed by atoms with E-state index in [4.69, 9.17) is 28.9 Å². The van der Waals surface area contributed by atoms with Crippen molar-refractivity contribution in [3.63, 3.8) is 0 Å². The molecule has 0 aliphatic carbocycles. The summed E-state index contributed by atoms with van der Waals surface area (Å²) >= 11 is 11.9. The summed E-state index contributed by atoms with van der Waals surface area (Å²) in [5.41, 5.74) is 6.90. The van der Waals surface area contributed by atoms with E-state index in [1.807, 2.05) is 11.8 Å².